The molecule has 1 aliphatic heterocycles. The van der Waals surface area contributed by atoms with Crippen molar-refractivity contribution in [3.63, 3.8) is 0 Å². The highest BCUT2D eigenvalue weighted by molar-refractivity contribution is 5.13. The summed E-state index contributed by atoms with van der Waals surface area (Å²) in [7, 11) is 0. The SMILES string of the molecule is Cc1ncncc1CN1CCNCC1. The Balaban J connectivity index is 1.99. The summed E-state index contributed by atoms with van der Waals surface area (Å²) < 4.78 is 0. The van der Waals surface area contributed by atoms with Crippen molar-refractivity contribution in [2.24, 2.45) is 0 Å². The first-order valence-electron chi connectivity index (χ1n) is 5.05. The number of rotatable bonds is 2. The van der Waals surface area contributed by atoms with Crippen LogP contribution in [0.2, 0.25) is 0 Å². The summed E-state index contributed by atoms with van der Waals surface area (Å²) in [5.41, 5.74) is 2.34. The van der Waals surface area contributed by atoms with Crippen molar-refractivity contribution in [3.8, 4) is 0 Å². The predicted molar refractivity (Wildman–Crippen MR) is 54.9 cm³/mol. The van der Waals surface area contributed by atoms with E-state index in [9.17, 15) is 0 Å². The van der Waals surface area contributed by atoms with E-state index in [-0.39, 0.29) is 0 Å². The zero-order valence-electron chi connectivity index (χ0n) is 8.53. The summed E-state index contributed by atoms with van der Waals surface area (Å²) in [4.78, 5) is 10.7. The number of piperazine rings is 1. The van der Waals surface area contributed by atoms with Gasteiger partial charge in [0.15, 0.2) is 0 Å². The fourth-order valence-electron chi connectivity index (χ4n) is 1.68. The lowest BCUT2D eigenvalue weighted by Gasteiger charge is -2.27. The van der Waals surface area contributed by atoms with Crippen molar-refractivity contribution in [2.45, 2.75) is 13.5 Å². The normalized spacial score (nSPS) is 18.4. The van der Waals surface area contributed by atoms with Gasteiger partial charge in [0.25, 0.3) is 0 Å². The standard InChI is InChI=1S/C10H16N4/c1-9-10(6-12-8-13-9)7-14-4-2-11-3-5-14/h6,8,11H,2-5,7H2,1H3. The molecular weight excluding hydrogens is 176 g/mol. The van der Waals surface area contributed by atoms with Crippen LogP contribution in [0.3, 0.4) is 0 Å². The maximum absolute atomic E-state index is 4.19. The molecule has 0 aromatic carbocycles. The van der Waals surface area contributed by atoms with E-state index in [1.165, 1.54) is 5.56 Å². The van der Waals surface area contributed by atoms with Gasteiger partial charge in [-0.2, -0.15) is 0 Å². The van der Waals surface area contributed by atoms with Gasteiger partial charge in [0.1, 0.15) is 6.33 Å². The minimum Gasteiger partial charge on any atom is -0.314 e. The number of aryl methyl sites for hydroxylation is 1. The molecule has 0 spiro atoms. The van der Waals surface area contributed by atoms with Gasteiger partial charge in [0.05, 0.1) is 0 Å². The number of hydrogen-bond donors (Lipinski definition) is 1. The molecule has 1 aromatic heterocycles. The van der Waals surface area contributed by atoms with Crippen molar-refractivity contribution in [1.29, 1.82) is 0 Å². The average molecular weight is 192 g/mol. The maximum atomic E-state index is 4.19. The lowest BCUT2D eigenvalue weighted by atomic mass is 10.2. The largest absolute Gasteiger partial charge is 0.314 e. The highest BCUT2D eigenvalue weighted by Crippen LogP contribution is 2.06. The van der Waals surface area contributed by atoms with E-state index >= 15 is 0 Å². The van der Waals surface area contributed by atoms with Gasteiger partial charge in [-0.15, -0.1) is 0 Å². The van der Waals surface area contributed by atoms with Crippen LogP contribution in [0, 0.1) is 6.92 Å². The molecule has 0 saturated carbocycles. The van der Waals surface area contributed by atoms with E-state index < -0.39 is 0 Å². The van der Waals surface area contributed by atoms with Gasteiger partial charge >= 0.3 is 0 Å². The second-order valence-electron chi connectivity index (χ2n) is 3.66. The molecule has 1 saturated heterocycles. The van der Waals surface area contributed by atoms with Crippen LogP contribution in [0.5, 0.6) is 0 Å². The van der Waals surface area contributed by atoms with Crippen molar-refractivity contribution in [1.82, 2.24) is 20.2 Å². The van der Waals surface area contributed by atoms with Gasteiger partial charge in [0.2, 0.25) is 0 Å². The quantitative estimate of drug-likeness (QED) is 0.726. The Bertz CT molecular complexity index is 294. The third-order valence-corrected chi connectivity index (χ3v) is 2.62. The molecule has 0 radical (unpaired) electrons. The van der Waals surface area contributed by atoms with Crippen LogP contribution in [0.25, 0.3) is 0 Å². The third-order valence-electron chi connectivity index (χ3n) is 2.62. The molecule has 0 unspecified atom stereocenters. The second kappa shape index (κ2) is 4.48. The molecule has 1 aliphatic rings. The Morgan fingerprint density at radius 1 is 1.43 bits per heavy atom. The first kappa shape index (κ1) is 9.55. The Hall–Kier alpha value is -1.00. The van der Waals surface area contributed by atoms with Crippen molar-refractivity contribution in [2.75, 3.05) is 26.2 Å². The first-order valence-corrected chi connectivity index (χ1v) is 5.05. The summed E-state index contributed by atoms with van der Waals surface area (Å²) in [6.45, 7) is 7.44. The number of nitrogens with zero attached hydrogens (tertiary/aromatic N) is 3. The highest BCUT2D eigenvalue weighted by atomic mass is 15.2. The Kier molecular flexibility index (Phi) is 3.06. The van der Waals surface area contributed by atoms with Crippen LogP contribution in [-0.4, -0.2) is 41.0 Å². The summed E-state index contributed by atoms with van der Waals surface area (Å²) in [5.74, 6) is 0. The van der Waals surface area contributed by atoms with E-state index in [0.717, 1.165) is 38.4 Å². The molecule has 0 atom stereocenters. The zero-order chi connectivity index (χ0) is 9.80. The molecule has 2 rings (SSSR count). The zero-order valence-corrected chi connectivity index (χ0v) is 8.53. The van der Waals surface area contributed by atoms with Crippen molar-refractivity contribution in [3.05, 3.63) is 23.8 Å². The number of hydrogen-bond acceptors (Lipinski definition) is 4. The van der Waals surface area contributed by atoms with E-state index in [0.29, 0.717) is 0 Å². The second-order valence-corrected chi connectivity index (χ2v) is 3.66. The summed E-state index contributed by atoms with van der Waals surface area (Å²) in [5, 5.41) is 3.34. The Morgan fingerprint density at radius 2 is 2.21 bits per heavy atom. The van der Waals surface area contributed by atoms with E-state index in [4.69, 9.17) is 0 Å². The Morgan fingerprint density at radius 3 is 2.93 bits per heavy atom. The van der Waals surface area contributed by atoms with E-state index in [1.54, 1.807) is 6.33 Å². The van der Waals surface area contributed by atoms with Gasteiger partial charge in [-0.1, -0.05) is 0 Å². The molecule has 0 amide bonds. The fourth-order valence-corrected chi connectivity index (χ4v) is 1.68. The van der Waals surface area contributed by atoms with Crippen LogP contribution in [0.1, 0.15) is 11.3 Å². The summed E-state index contributed by atoms with van der Waals surface area (Å²) >= 11 is 0. The van der Waals surface area contributed by atoms with Crippen molar-refractivity contribution < 1.29 is 0 Å². The lowest BCUT2D eigenvalue weighted by Crippen LogP contribution is -2.43. The Labute approximate surface area is 84.4 Å². The van der Waals surface area contributed by atoms with Crippen LogP contribution in [0.15, 0.2) is 12.5 Å². The topological polar surface area (TPSA) is 41.1 Å². The minimum atomic E-state index is 0.981. The lowest BCUT2D eigenvalue weighted by molar-refractivity contribution is 0.232. The van der Waals surface area contributed by atoms with E-state index in [2.05, 4.69) is 20.2 Å². The van der Waals surface area contributed by atoms with Gasteiger partial charge in [0, 0.05) is 50.2 Å². The maximum Gasteiger partial charge on any atom is 0.115 e. The molecule has 4 heteroatoms. The fraction of sp³-hybridized carbons (Fsp3) is 0.600. The molecule has 4 nitrogen and oxygen atoms in total. The summed E-state index contributed by atoms with van der Waals surface area (Å²) in [6.07, 6.45) is 3.53. The highest BCUT2D eigenvalue weighted by Gasteiger charge is 2.11. The van der Waals surface area contributed by atoms with Crippen LogP contribution >= 0.6 is 0 Å². The molecule has 0 bridgehead atoms. The average Bonchev–Trinajstić information content (AvgIpc) is 2.23. The van der Waals surface area contributed by atoms with Gasteiger partial charge in [-0.3, -0.25) is 4.90 Å². The summed E-state index contributed by atoms with van der Waals surface area (Å²) in [6, 6.07) is 0. The van der Waals surface area contributed by atoms with Crippen LogP contribution in [0.4, 0.5) is 0 Å². The molecule has 1 fully saturated rings. The van der Waals surface area contributed by atoms with E-state index in [1.807, 2.05) is 13.1 Å². The van der Waals surface area contributed by atoms with Gasteiger partial charge in [-0.05, 0) is 6.92 Å². The molecule has 0 aliphatic carbocycles. The minimum absolute atomic E-state index is 0.981. The van der Waals surface area contributed by atoms with Crippen LogP contribution < -0.4 is 5.32 Å². The van der Waals surface area contributed by atoms with Gasteiger partial charge < -0.3 is 5.32 Å². The first-order chi connectivity index (χ1) is 6.86. The molecule has 76 valence electrons. The van der Waals surface area contributed by atoms with Gasteiger partial charge in [-0.25, -0.2) is 9.97 Å². The smallest absolute Gasteiger partial charge is 0.115 e. The molecule has 14 heavy (non-hydrogen) atoms. The van der Waals surface area contributed by atoms with Crippen LogP contribution in [-0.2, 0) is 6.54 Å². The molecular formula is C10H16N4. The molecule has 1 aromatic rings. The number of nitrogens with one attached hydrogen (secondary N) is 1. The monoisotopic (exact) mass is 192 g/mol. The molecule has 2 heterocycles. The third kappa shape index (κ3) is 2.27. The number of aromatic nitrogens is 2. The molecule has 1 N–H and O–H groups in total. The predicted octanol–water partition coefficient (Wildman–Crippen LogP) is 0.190. The van der Waals surface area contributed by atoms with Crippen molar-refractivity contribution >= 4 is 0 Å².